The average Bonchev–Trinajstić information content (AvgIpc) is 3.00. The second-order valence-corrected chi connectivity index (χ2v) is 4.45. The molecule has 5 heteroatoms. The second kappa shape index (κ2) is 3.58. The Morgan fingerprint density at radius 1 is 1.11 bits per heavy atom. The molecule has 2 aromatic carbocycles. The summed E-state index contributed by atoms with van der Waals surface area (Å²) < 4.78 is 1.80. The molecule has 0 aliphatic heterocycles. The summed E-state index contributed by atoms with van der Waals surface area (Å²) in [6.45, 7) is 0. The number of nitrogens with two attached hydrogens (primary N) is 1. The Hall–Kier alpha value is -2.82. The van der Waals surface area contributed by atoms with Gasteiger partial charge in [-0.2, -0.15) is 9.78 Å². The van der Waals surface area contributed by atoms with Crippen LogP contribution in [0.5, 0.6) is 0 Å². The number of nitrogen functional groups attached to an aromatic ring is 1. The van der Waals surface area contributed by atoms with Crippen molar-refractivity contribution in [3.8, 4) is 5.95 Å². The van der Waals surface area contributed by atoms with E-state index in [1.54, 1.807) is 4.68 Å². The number of aromatic amines is 1. The van der Waals surface area contributed by atoms with Gasteiger partial charge in [0, 0.05) is 11.1 Å². The Bertz CT molecular complexity index is 887. The van der Waals surface area contributed by atoms with Gasteiger partial charge in [0.05, 0.1) is 22.7 Å². The summed E-state index contributed by atoms with van der Waals surface area (Å²) in [6.07, 6.45) is 1.83. The molecule has 0 atom stereocenters. The maximum Gasteiger partial charge on any atom is 0.229 e. The van der Waals surface area contributed by atoms with Crippen molar-refractivity contribution in [2.45, 2.75) is 0 Å². The Kier molecular flexibility index (Phi) is 1.91. The van der Waals surface area contributed by atoms with Crippen LogP contribution in [0.4, 0.5) is 5.69 Å². The summed E-state index contributed by atoms with van der Waals surface area (Å²) in [5.41, 5.74) is 9.30. The summed E-state index contributed by atoms with van der Waals surface area (Å²) in [7, 11) is 0. The van der Waals surface area contributed by atoms with Gasteiger partial charge in [-0.05, 0) is 24.3 Å². The van der Waals surface area contributed by atoms with E-state index in [4.69, 9.17) is 5.73 Å². The molecule has 4 rings (SSSR count). The zero-order chi connectivity index (χ0) is 12.8. The maximum atomic E-state index is 5.77. The molecule has 2 heterocycles. The van der Waals surface area contributed by atoms with E-state index in [1.165, 1.54) is 0 Å². The number of aromatic nitrogens is 4. The van der Waals surface area contributed by atoms with Crippen LogP contribution in [0.25, 0.3) is 27.9 Å². The van der Waals surface area contributed by atoms with E-state index in [-0.39, 0.29) is 0 Å². The summed E-state index contributed by atoms with van der Waals surface area (Å²) in [4.78, 5) is 7.78. The van der Waals surface area contributed by atoms with Gasteiger partial charge in [-0.1, -0.05) is 18.2 Å². The highest BCUT2D eigenvalue weighted by molar-refractivity contribution is 5.82. The quantitative estimate of drug-likeness (QED) is 0.509. The van der Waals surface area contributed by atoms with E-state index in [0.29, 0.717) is 11.6 Å². The lowest BCUT2D eigenvalue weighted by Crippen LogP contribution is -1.97. The number of imidazole rings is 1. The van der Waals surface area contributed by atoms with E-state index < -0.39 is 0 Å². The molecule has 0 radical (unpaired) electrons. The van der Waals surface area contributed by atoms with Crippen LogP contribution in [0.3, 0.4) is 0 Å². The van der Waals surface area contributed by atoms with Crippen LogP contribution in [0.15, 0.2) is 48.7 Å². The number of hydrogen-bond donors (Lipinski definition) is 2. The van der Waals surface area contributed by atoms with Crippen LogP contribution in [0.2, 0.25) is 0 Å². The van der Waals surface area contributed by atoms with E-state index in [1.807, 2.05) is 48.7 Å². The van der Waals surface area contributed by atoms with E-state index in [2.05, 4.69) is 15.1 Å². The maximum absolute atomic E-state index is 5.77. The molecule has 0 aliphatic carbocycles. The first-order valence-corrected chi connectivity index (χ1v) is 6.00. The molecule has 0 amide bonds. The molecule has 0 bridgehead atoms. The van der Waals surface area contributed by atoms with Crippen LogP contribution < -0.4 is 5.73 Å². The van der Waals surface area contributed by atoms with Gasteiger partial charge in [0.15, 0.2) is 0 Å². The predicted octanol–water partition coefficient (Wildman–Crippen LogP) is 2.48. The van der Waals surface area contributed by atoms with E-state index >= 15 is 0 Å². The monoisotopic (exact) mass is 249 g/mol. The first-order valence-electron chi connectivity index (χ1n) is 6.00. The number of anilines is 1. The van der Waals surface area contributed by atoms with Crippen molar-refractivity contribution in [2.24, 2.45) is 0 Å². The lowest BCUT2D eigenvalue weighted by atomic mass is 10.3. The first-order chi connectivity index (χ1) is 9.31. The highest BCUT2D eigenvalue weighted by Gasteiger charge is 2.08. The Morgan fingerprint density at radius 3 is 2.95 bits per heavy atom. The molecule has 19 heavy (non-hydrogen) atoms. The molecule has 0 fully saturated rings. The van der Waals surface area contributed by atoms with Crippen molar-refractivity contribution in [3.63, 3.8) is 0 Å². The van der Waals surface area contributed by atoms with Crippen molar-refractivity contribution >= 4 is 27.6 Å². The van der Waals surface area contributed by atoms with E-state index in [9.17, 15) is 0 Å². The number of fused-ring (bicyclic) bond motifs is 2. The third-order valence-electron chi connectivity index (χ3n) is 3.17. The number of nitrogens with one attached hydrogen (secondary N) is 1. The predicted molar refractivity (Wildman–Crippen MR) is 75.1 cm³/mol. The van der Waals surface area contributed by atoms with Crippen LogP contribution in [0, 0.1) is 0 Å². The topological polar surface area (TPSA) is 72.5 Å². The zero-order valence-corrected chi connectivity index (χ0v) is 10.0. The molecule has 0 saturated heterocycles. The fourth-order valence-corrected chi connectivity index (χ4v) is 2.25. The zero-order valence-electron chi connectivity index (χ0n) is 10.0. The minimum atomic E-state index is 0.696. The number of para-hydroxylation sites is 1. The summed E-state index contributed by atoms with van der Waals surface area (Å²) in [6, 6.07) is 13.6. The number of benzene rings is 2. The van der Waals surface area contributed by atoms with Crippen LogP contribution in [0.1, 0.15) is 0 Å². The largest absolute Gasteiger partial charge is 0.399 e. The highest BCUT2D eigenvalue weighted by Crippen LogP contribution is 2.20. The fraction of sp³-hybridized carbons (Fsp3) is 0. The summed E-state index contributed by atoms with van der Waals surface area (Å²) >= 11 is 0. The number of H-pyrrole nitrogens is 1. The normalized spacial score (nSPS) is 11.4. The van der Waals surface area contributed by atoms with Gasteiger partial charge in [-0.25, -0.2) is 4.98 Å². The fourth-order valence-electron chi connectivity index (χ4n) is 2.25. The molecule has 0 unspecified atom stereocenters. The van der Waals surface area contributed by atoms with E-state index in [0.717, 1.165) is 21.9 Å². The van der Waals surface area contributed by atoms with Crippen LogP contribution in [-0.2, 0) is 0 Å². The molecular weight excluding hydrogens is 238 g/mol. The summed E-state index contributed by atoms with van der Waals surface area (Å²) in [5.74, 6) is 0.696. The van der Waals surface area contributed by atoms with Crippen molar-refractivity contribution < 1.29 is 0 Å². The van der Waals surface area contributed by atoms with Crippen LogP contribution >= 0.6 is 0 Å². The Balaban J connectivity index is 1.99. The standard InChI is InChI=1S/C14H11N5/c15-10-5-6-11-12(7-10)18-14(17-11)19-13-4-2-1-3-9(13)8-16-19/h1-8H,15H2,(H,17,18). The highest BCUT2D eigenvalue weighted by atomic mass is 15.3. The van der Waals surface area contributed by atoms with Gasteiger partial charge >= 0.3 is 0 Å². The Labute approximate surface area is 108 Å². The minimum absolute atomic E-state index is 0.696. The third-order valence-corrected chi connectivity index (χ3v) is 3.17. The van der Waals surface area contributed by atoms with Crippen molar-refractivity contribution in [1.29, 1.82) is 0 Å². The number of nitrogens with zero attached hydrogens (tertiary/aromatic N) is 3. The molecule has 0 saturated carbocycles. The van der Waals surface area contributed by atoms with Gasteiger partial charge in [0.1, 0.15) is 0 Å². The van der Waals surface area contributed by atoms with Gasteiger partial charge in [-0.3, -0.25) is 0 Å². The lowest BCUT2D eigenvalue weighted by Gasteiger charge is -1.97. The smallest absolute Gasteiger partial charge is 0.229 e. The van der Waals surface area contributed by atoms with Crippen molar-refractivity contribution in [1.82, 2.24) is 19.7 Å². The first kappa shape index (κ1) is 10.1. The van der Waals surface area contributed by atoms with Gasteiger partial charge < -0.3 is 10.7 Å². The number of hydrogen-bond acceptors (Lipinski definition) is 3. The molecule has 92 valence electrons. The van der Waals surface area contributed by atoms with Crippen LogP contribution in [-0.4, -0.2) is 19.7 Å². The molecule has 2 aromatic heterocycles. The van der Waals surface area contributed by atoms with Crippen molar-refractivity contribution in [3.05, 3.63) is 48.7 Å². The minimum Gasteiger partial charge on any atom is -0.399 e. The third kappa shape index (κ3) is 1.48. The molecule has 3 N–H and O–H groups in total. The molecule has 0 aliphatic rings. The molecule has 0 spiro atoms. The van der Waals surface area contributed by atoms with Crippen molar-refractivity contribution in [2.75, 3.05) is 5.73 Å². The molecular formula is C14H11N5. The lowest BCUT2D eigenvalue weighted by molar-refractivity contribution is 0.856. The molecule has 5 nitrogen and oxygen atoms in total. The molecule has 4 aromatic rings. The SMILES string of the molecule is Nc1ccc2nc(-n3ncc4ccccc43)[nH]c2c1. The summed E-state index contributed by atoms with van der Waals surface area (Å²) in [5, 5.41) is 5.46. The second-order valence-electron chi connectivity index (χ2n) is 4.45. The van der Waals surface area contributed by atoms with Gasteiger partial charge in [-0.15, -0.1) is 0 Å². The average molecular weight is 249 g/mol. The Morgan fingerprint density at radius 2 is 2.00 bits per heavy atom. The number of rotatable bonds is 1. The van der Waals surface area contributed by atoms with Gasteiger partial charge in [0.25, 0.3) is 0 Å². The van der Waals surface area contributed by atoms with Gasteiger partial charge in [0.2, 0.25) is 5.95 Å².